The van der Waals surface area contributed by atoms with E-state index in [1.807, 2.05) is 0 Å². The molecule has 0 aromatic heterocycles. The van der Waals surface area contributed by atoms with Gasteiger partial charge in [0.2, 0.25) is 0 Å². The van der Waals surface area contributed by atoms with E-state index in [1.165, 1.54) is 89.9 Å². The molecule has 0 radical (unpaired) electrons. The molecule has 0 N–H and O–H groups in total. The Hall–Kier alpha value is -0.871. The average Bonchev–Trinajstić information content (AvgIpc) is 2.75. The molecule has 0 bridgehead atoms. The summed E-state index contributed by atoms with van der Waals surface area (Å²) in [5, 5.41) is 0. The molecule has 5 nitrogen and oxygen atoms in total. The van der Waals surface area contributed by atoms with E-state index in [-0.39, 0.29) is 5.78 Å². The van der Waals surface area contributed by atoms with Crippen LogP contribution in [0.25, 0.3) is 0 Å². The van der Waals surface area contributed by atoms with E-state index in [2.05, 4.69) is 13.8 Å². The van der Waals surface area contributed by atoms with Gasteiger partial charge in [-0.3, -0.25) is 9.59 Å². The number of carbonyl (C=O) groups is 3. The molecular weight excluding hydrogens is 447 g/mol. The first kappa shape index (κ1) is 33.8. The molecule has 0 rings (SSSR count). The number of hydrogen-bond donors (Lipinski definition) is 0. The van der Waals surface area contributed by atoms with Gasteiger partial charge in [-0.25, -0.2) is 0 Å². The second kappa shape index (κ2) is 35.6. The molecule has 0 aromatic carbocycles. The van der Waals surface area contributed by atoms with Crippen molar-refractivity contribution in [3.63, 3.8) is 0 Å². The maximum absolute atomic E-state index is 10.6. The van der Waals surface area contributed by atoms with Gasteiger partial charge in [0.05, 0.1) is 0 Å². The van der Waals surface area contributed by atoms with Gasteiger partial charge in [-0.2, -0.15) is 0 Å². The third kappa shape index (κ3) is 41.5. The molecule has 0 aliphatic rings. The monoisotopic (exact) mass is 494 g/mol. The Morgan fingerprint density at radius 1 is 0.600 bits per heavy atom. The maximum atomic E-state index is 10.6. The number of Topliss-reactive ketones (excluding diaryl/α,β-unsaturated/α-hetero) is 1. The van der Waals surface area contributed by atoms with E-state index >= 15 is 0 Å². The molecule has 0 aromatic rings. The van der Waals surface area contributed by atoms with E-state index in [0.717, 1.165) is 32.0 Å². The van der Waals surface area contributed by atoms with Gasteiger partial charge in [-0.15, -0.1) is 0 Å². The Kier molecular flexibility index (Phi) is 40.0. The van der Waals surface area contributed by atoms with Crippen molar-refractivity contribution in [1.29, 1.82) is 0 Å². The van der Waals surface area contributed by atoms with E-state index in [0.29, 0.717) is 12.7 Å². The SMILES string of the molecule is CCCCCCCCCCC(=O)C=O.CCCCCCCCCCCC=O.O=[Se]=O. The predicted molar refractivity (Wildman–Crippen MR) is 123 cm³/mol. The van der Waals surface area contributed by atoms with Crippen LogP contribution in [0.3, 0.4) is 0 Å². The summed E-state index contributed by atoms with van der Waals surface area (Å²) in [5.41, 5.74) is 0. The topological polar surface area (TPSA) is 85.3 Å². The molecular formula is C24H46O5Se. The van der Waals surface area contributed by atoms with Crippen molar-refractivity contribution in [3.05, 3.63) is 0 Å². The van der Waals surface area contributed by atoms with Crippen molar-refractivity contribution in [1.82, 2.24) is 0 Å². The number of aldehydes is 2. The zero-order chi connectivity index (χ0) is 23.1. The van der Waals surface area contributed by atoms with Gasteiger partial charge < -0.3 is 4.79 Å². The first-order chi connectivity index (χ1) is 14.6. The van der Waals surface area contributed by atoms with E-state index in [1.54, 1.807) is 0 Å². The first-order valence-electron chi connectivity index (χ1n) is 12.0. The summed E-state index contributed by atoms with van der Waals surface area (Å²) in [6, 6.07) is 0. The third-order valence-electron chi connectivity index (χ3n) is 4.83. The molecule has 30 heavy (non-hydrogen) atoms. The van der Waals surface area contributed by atoms with Gasteiger partial charge in [-0.1, -0.05) is 110 Å². The normalized spacial score (nSPS) is 9.53. The summed E-state index contributed by atoms with van der Waals surface area (Å²) in [5.74, 6) is -0.254. The van der Waals surface area contributed by atoms with Gasteiger partial charge in [0.25, 0.3) is 0 Å². The summed E-state index contributed by atoms with van der Waals surface area (Å²) >= 11 is -1.62. The van der Waals surface area contributed by atoms with Crippen LogP contribution in [0.2, 0.25) is 0 Å². The van der Waals surface area contributed by atoms with Crippen LogP contribution < -0.4 is 0 Å². The fourth-order valence-corrected chi connectivity index (χ4v) is 3.03. The van der Waals surface area contributed by atoms with Crippen molar-refractivity contribution in [2.45, 2.75) is 136 Å². The second-order valence-corrected chi connectivity index (χ2v) is 7.95. The van der Waals surface area contributed by atoms with E-state index in [4.69, 9.17) is 7.67 Å². The van der Waals surface area contributed by atoms with Crippen molar-refractivity contribution in [2.75, 3.05) is 0 Å². The summed E-state index contributed by atoms with van der Waals surface area (Å²) in [7, 11) is 0. The van der Waals surface area contributed by atoms with Gasteiger partial charge in [0.1, 0.15) is 6.29 Å². The molecule has 6 heteroatoms. The molecule has 0 saturated heterocycles. The van der Waals surface area contributed by atoms with Crippen LogP contribution in [0.15, 0.2) is 0 Å². The fraction of sp³-hybridized carbons (Fsp3) is 0.875. The first-order valence-corrected chi connectivity index (χ1v) is 13.4. The van der Waals surface area contributed by atoms with Crippen LogP contribution >= 0.6 is 0 Å². The van der Waals surface area contributed by atoms with Crippen LogP contribution in [0, 0.1) is 0 Å². The molecule has 0 fully saturated rings. The van der Waals surface area contributed by atoms with Crippen molar-refractivity contribution < 1.29 is 22.1 Å². The molecule has 0 heterocycles. The van der Waals surface area contributed by atoms with E-state index in [9.17, 15) is 14.4 Å². The standard InChI is InChI=1S/C12H22O2.C12H24O.O2Se/c1-2-3-4-5-6-7-8-9-10-12(14)11-13;1-2-3-4-5-6-7-8-9-10-11-12-13;1-3-2/h11H,2-10H2,1H3;12H,2-11H2,1H3;. The number of rotatable bonds is 20. The Morgan fingerprint density at radius 3 is 1.27 bits per heavy atom. The second-order valence-electron chi connectivity index (χ2n) is 7.66. The molecule has 0 unspecified atom stereocenters. The Bertz CT molecular complexity index is 393. The number of unbranched alkanes of at least 4 members (excludes halogenated alkanes) is 16. The number of carbonyl (C=O) groups excluding carboxylic acids is 3. The predicted octanol–water partition coefficient (Wildman–Crippen LogP) is 6.77. The van der Waals surface area contributed by atoms with Crippen LogP contribution in [0.4, 0.5) is 0 Å². The summed E-state index contributed by atoms with van der Waals surface area (Å²) in [4.78, 5) is 30.6. The number of ketones is 1. The Balaban J connectivity index is -0.000000430. The summed E-state index contributed by atoms with van der Waals surface area (Å²) < 4.78 is 16.9. The van der Waals surface area contributed by atoms with Crippen LogP contribution in [-0.4, -0.2) is 33.2 Å². The molecule has 0 saturated carbocycles. The number of hydrogen-bond acceptors (Lipinski definition) is 5. The van der Waals surface area contributed by atoms with Crippen molar-refractivity contribution >= 4 is 33.2 Å². The molecule has 0 amide bonds. The van der Waals surface area contributed by atoms with Crippen molar-refractivity contribution in [3.8, 4) is 0 Å². The van der Waals surface area contributed by atoms with Crippen LogP contribution in [0.5, 0.6) is 0 Å². The van der Waals surface area contributed by atoms with Crippen molar-refractivity contribution in [2.24, 2.45) is 0 Å². The van der Waals surface area contributed by atoms with Crippen LogP contribution in [0.1, 0.15) is 136 Å². The van der Waals surface area contributed by atoms with Gasteiger partial charge in [0, 0.05) is 12.8 Å². The summed E-state index contributed by atoms with van der Waals surface area (Å²) in [6.45, 7) is 4.46. The molecule has 0 aliphatic heterocycles. The van der Waals surface area contributed by atoms with Gasteiger partial charge in [0.15, 0.2) is 12.1 Å². The molecule has 178 valence electrons. The van der Waals surface area contributed by atoms with Gasteiger partial charge in [-0.05, 0) is 12.8 Å². The fourth-order valence-electron chi connectivity index (χ4n) is 3.03. The van der Waals surface area contributed by atoms with Gasteiger partial charge >= 0.3 is 22.5 Å². The summed E-state index contributed by atoms with van der Waals surface area (Å²) in [6.07, 6.45) is 24.3. The van der Waals surface area contributed by atoms with Crippen LogP contribution in [-0.2, 0) is 22.1 Å². The minimum absolute atomic E-state index is 0.254. The molecule has 0 aliphatic carbocycles. The Labute approximate surface area is 191 Å². The minimum atomic E-state index is -1.62. The zero-order valence-corrected chi connectivity index (χ0v) is 21.3. The third-order valence-corrected chi connectivity index (χ3v) is 4.83. The zero-order valence-electron chi connectivity index (χ0n) is 19.5. The molecule has 0 spiro atoms. The molecule has 0 atom stereocenters. The van der Waals surface area contributed by atoms with E-state index < -0.39 is 14.8 Å². The quantitative estimate of drug-likeness (QED) is 0.0808. The Morgan fingerprint density at radius 2 is 0.933 bits per heavy atom. The average molecular weight is 494 g/mol.